The molecule has 1 amide bonds. The van der Waals surface area contributed by atoms with Crippen molar-refractivity contribution >= 4 is 34.0 Å². The highest BCUT2D eigenvalue weighted by Gasteiger charge is 2.21. The molecule has 0 saturated carbocycles. The maximum Gasteiger partial charge on any atom is 0.267 e. The van der Waals surface area contributed by atoms with E-state index < -0.39 is 0 Å². The van der Waals surface area contributed by atoms with Crippen LogP contribution in [0.1, 0.15) is 35.3 Å². The van der Waals surface area contributed by atoms with Gasteiger partial charge < -0.3 is 14.6 Å². The van der Waals surface area contributed by atoms with Crippen LogP contribution in [0.15, 0.2) is 48.8 Å². The van der Waals surface area contributed by atoms with Crippen LogP contribution in [0.3, 0.4) is 0 Å². The van der Waals surface area contributed by atoms with E-state index in [0.717, 1.165) is 21.6 Å². The number of para-hydroxylation sites is 2. The molecule has 0 bridgehead atoms. The molecule has 7 heteroatoms. The number of fused-ring (bicyclic) bond motifs is 1. The number of nitrogens with one attached hydrogen (secondary N) is 1. The second-order valence-corrected chi connectivity index (χ2v) is 8.01. The number of amides is 1. The zero-order valence-corrected chi connectivity index (χ0v) is 17.6. The molecular weight excluding hydrogens is 384 g/mol. The minimum atomic E-state index is -0.193. The third-order valence-corrected chi connectivity index (χ3v) is 5.92. The van der Waals surface area contributed by atoms with Gasteiger partial charge in [-0.15, -0.1) is 11.3 Å². The van der Waals surface area contributed by atoms with Crippen molar-refractivity contribution in [3.63, 3.8) is 0 Å². The quantitative estimate of drug-likeness (QED) is 0.488. The number of methoxy groups -OCH3 is 1. The van der Waals surface area contributed by atoms with Crippen molar-refractivity contribution in [2.75, 3.05) is 12.4 Å². The summed E-state index contributed by atoms with van der Waals surface area (Å²) in [5.74, 6) is 0.427. The highest BCUT2D eigenvalue weighted by molar-refractivity contribution is 7.17. The SMILES string of the molecule is COc1ccccc1NC(=O)c1sc(-c2cn(C(C)C)c3ncccc23)nc1C. The molecule has 4 aromatic rings. The first-order valence-electron chi connectivity index (χ1n) is 9.37. The van der Waals surface area contributed by atoms with Crippen molar-refractivity contribution in [1.29, 1.82) is 0 Å². The van der Waals surface area contributed by atoms with E-state index in [1.54, 1.807) is 13.3 Å². The number of thiazole rings is 1. The summed E-state index contributed by atoms with van der Waals surface area (Å²) in [5, 5.41) is 4.78. The Morgan fingerprint density at radius 3 is 2.76 bits per heavy atom. The summed E-state index contributed by atoms with van der Waals surface area (Å²) in [7, 11) is 1.58. The van der Waals surface area contributed by atoms with Gasteiger partial charge in [0.05, 0.1) is 18.5 Å². The first-order chi connectivity index (χ1) is 14.0. The Morgan fingerprint density at radius 1 is 1.21 bits per heavy atom. The molecular formula is C22H22N4O2S. The van der Waals surface area contributed by atoms with Crippen LogP contribution in [0, 0.1) is 6.92 Å². The van der Waals surface area contributed by atoms with Crippen molar-refractivity contribution in [2.24, 2.45) is 0 Å². The van der Waals surface area contributed by atoms with Crippen LogP contribution in [0.2, 0.25) is 0 Å². The normalized spacial score (nSPS) is 11.2. The van der Waals surface area contributed by atoms with Crippen LogP contribution >= 0.6 is 11.3 Å². The molecule has 1 aromatic carbocycles. The molecule has 3 aromatic heterocycles. The second-order valence-electron chi connectivity index (χ2n) is 7.01. The predicted octanol–water partition coefficient (Wildman–Crippen LogP) is 5.31. The van der Waals surface area contributed by atoms with Gasteiger partial charge in [0.25, 0.3) is 5.91 Å². The summed E-state index contributed by atoms with van der Waals surface area (Å²) in [5.41, 5.74) is 3.25. The largest absolute Gasteiger partial charge is 0.495 e. The molecule has 0 saturated heterocycles. The number of aromatic nitrogens is 3. The van der Waals surface area contributed by atoms with Crippen LogP contribution < -0.4 is 10.1 Å². The van der Waals surface area contributed by atoms with Crippen LogP contribution in [-0.4, -0.2) is 27.6 Å². The molecule has 148 valence electrons. The van der Waals surface area contributed by atoms with Gasteiger partial charge in [-0.1, -0.05) is 12.1 Å². The lowest BCUT2D eigenvalue weighted by molar-refractivity contribution is 0.102. The first-order valence-corrected chi connectivity index (χ1v) is 10.2. The number of pyridine rings is 1. The average Bonchev–Trinajstić information content (AvgIpc) is 3.29. The molecule has 0 aliphatic heterocycles. The molecule has 0 fully saturated rings. The van der Waals surface area contributed by atoms with Crippen LogP contribution in [0.25, 0.3) is 21.6 Å². The molecule has 3 heterocycles. The molecule has 0 unspecified atom stereocenters. The highest BCUT2D eigenvalue weighted by Crippen LogP contribution is 2.35. The number of ether oxygens (including phenoxy) is 1. The van der Waals surface area contributed by atoms with Crippen LogP contribution in [0.5, 0.6) is 5.75 Å². The molecule has 0 radical (unpaired) electrons. The summed E-state index contributed by atoms with van der Waals surface area (Å²) in [6.07, 6.45) is 3.87. The Hall–Kier alpha value is -3.19. The summed E-state index contributed by atoms with van der Waals surface area (Å²) in [6, 6.07) is 11.6. The highest BCUT2D eigenvalue weighted by atomic mass is 32.1. The van der Waals surface area contributed by atoms with E-state index in [2.05, 4.69) is 34.9 Å². The van der Waals surface area contributed by atoms with Gasteiger partial charge in [-0.2, -0.15) is 0 Å². The van der Waals surface area contributed by atoms with E-state index in [0.29, 0.717) is 22.0 Å². The number of hydrogen-bond donors (Lipinski definition) is 1. The number of carbonyl (C=O) groups excluding carboxylic acids is 1. The summed E-state index contributed by atoms with van der Waals surface area (Å²) in [6.45, 7) is 6.10. The minimum Gasteiger partial charge on any atom is -0.495 e. The monoisotopic (exact) mass is 406 g/mol. The molecule has 6 nitrogen and oxygen atoms in total. The maximum absolute atomic E-state index is 12.9. The Balaban J connectivity index is 1.72. The number of anilines is 1. The summed E-state index contributed by atoms with van der Waals surface area (Å²) < 4.78 is 7.46. The number of benzene rings is 1. The third-order valence-electron chi connectivity index (χ3n) is 4.73. The Labute approximate surface area is 173 Å². The molecule has 1 N–H and O–H groups in total. The molecule has 0 atom stereocenters. The molecule has 0 aliphatic carbocycles. The van der Waals surface area contributed by atoms with Gasteiger partial charge in [0, 0.05) is 29.4 Å². The van der Waals surface area contributed by atoms with Crippen LogP contribution in [0.4, 0.5) is 5.69 Å². The second kappa shape index (κ2) is 7.67. The van der Waals surface area contributed by atoms with Gasteiger partial charge in [-0.25, -0.2) is 9.97 Å². The molecule has 0 aliphatic rings. The standard InChI is InChI=1S/C22H22N4O2S/c1-13(2)26-12-16(15-8-7-11-23-20(15)26)22-24-14(3)19(29-22)21(27)25-17-9-5-6-10-18(17)28-4/h5-13H,1-4H3,(H,25,27). The first kappa shape index (κ1) is 19.1. The lowest BCUT2D eigenvalue weighted by Crippen LogP contribution is -2.12. The van der Waals surface area contributed by atoms with Gasteiger partial charge in [-0.3, -0.25) is 4.79 Å². The number of aryl methyl sites for hydroxylation is 1. The van der Waals surface area contributed by atoms with Gasteiger partial charge in [0.15, 0.2) is 0 Å². The number of rotatable bonds is 5. The summed E-state index contributed by atoms with van der Waals surface area (Å²) >= 11 is 1.39. The average molecular weight is 407 g/mol. The van der Waals surface area contributed by atoms with Crippen molar-refractivity contribution in [3.8, 4) is 16.3 Å². The van der Waals surface area contributed by atoms with E-state index in [1.165, 1.54) is 11.3 Å². The molecule has 29 heavy (non-hydrogen) atoms. The zero-order valence-electron chi connectivity index (χ0n) is 16.8. The van der Waals surface area contributed by atoms with Gasteiger partial charge in [0.2, 0.25) is 0 Å². The van der Waals surface area contributed by atoms with E-state index >= 15 is 0 Å². The Bertz CT molecular complexity index is 1190. The van der Waals surface area contributed by atoms with E-state index in [1.807, 2.05) is 43.3 Å². The van der Waals surface area contributed by atoms with Gasteiger partial charge >= 0.3 is 0 Å². The predicted molar refractivity (Wildman–Crippen MR) is 117 cm³/mol. The van der Waals surface area contributed by atoms with Crippen LogP contribution in [-0.2, 0) is 0 Å². The fraction of sp³-hybridized carbons (Fsp3) is 0.227. The van der Waals surface area contributed by atoms with Crippen molar-refractivity contribution in [3.05, 3.63) is 59.4 Å². The molecule has 4 rings (SSSR count). The Morgan fingerprint density at radius 2 is 2.00 bits per heavy atom. The number of hydrogen-bond acceptors (Lipinski definition) is 5. The summed E-state index contributed by atoms with van der Waals surface area (Å²) in [4.78, 5) is 22.7. The van der Waals surface area contributed by atoms with E-state index in [-0.39, 0.29) is 11.9 Å². The molecule has 0 spiro atoms. The fourth-order valence-electron chi connectivity index (χ4n) is 3.30. The topological polar surface area (TPSA) is 69.0 Å². The van der Waals surface area contributed by atoms with Crippen molar-refractivity contribution < 1.29 is 9.53 Å². The Kier molecular flexibility index (Phi) is 5.07. The number of nitrogens with zero attached hydrogens (tertiary/aromatic N) is 3. The van der Waals surface area contributed by atoms with Crippen molar-refractivity contribution in [2.45, 2.75) is 26.8 Å². The van der Waals surface area contributed by atoms with E-state index in [4.69, 9.17) is 9.72 Å². The fourth-order valence-corrected chi connectivity index (χ4v) is 4.28. The minimum absolute atomic E-state index is 0.193. The van der Waals surface area contributed by atoms with Crippen molar-refractivity contribution in [1.82, 2.24) is 14.5 Å². The maximum atomic E-state index is 12.9. The lowest BCUT2D eigenvalue weighted by atomic mass is 10.2. The third kappa shape index (κ3) is 3.49. The smallest absolute Gasteiger partial charge is 0.267 e. The lowest BCUT2D eigenvalue weighted by Gasteiger charge is -2.08. The van der Waals surface area contributed by atoms with Gasteiger partial charge in [0.1, 0.15) is 21.3 Å². The zero-order chi connectivity index (χ0) is 20.5. The van der Waals surface area contributed by atoms with Gasteiger partial charge in [-0.05, 0) is 45.0 Å². The van der Waals surface area contributed by atoms with E-state index in [9.17, 15) is 4.79 Å². The number of carbonyl (C=O) groups is 1.